The van der Waals surface area contributed by atoms with Crippen LogP contribution in [0, 0.1) is 17.7 Å². The molecule has 3 aliphatic rings. The van der Waals surface area contributed by atoms with Gasteiger partial charge in [-0.25, -0.2) is 9.40 Å². The van der Waals surface area contributed by atoms with Gasteiger partial charge in [-0.1, -0.05) is 6.07 Å². The van der Waals surface area contributed by atoms with Gasteiger partial charge in [0.15, 0.2) is 0 Å². The number of benzene rings is 1. The lowest BCUT2D eigenvalue weighted by Crippen LogP contribution is -2.48. The molecule has 0 radical (unpaired) electrons. The standard InChI is InChI=1S/C22H29F4N5O3/c23-18-8-17(34-22(24,25)26)4-1-13(18)2-6-21(32)29-9-14-11-30(12-15(14)10-29)31(33)16-3-5-19(27)20(28)7-16/h1,4,8,14-16,33H,2-3,5-7,9-12,27-28H2/t14?,15?,16-/m1/s1. The maximum absolute atomic E-state index is 14.1. The number of hydrogen-bond donors (Lipinski definition) is 3. The Balaban J connectivity index is 1.25. The molecule has 2 saturated heterocycles. The number of nitrogens with zero attached hydrogens (tertiary/aromatic N) is 3. The molecule has 0 aromatic heterocycles. The summed E-state index contributed by atoms with van der Waals surface area (Å²) in [7, 11) is 0. The number of amides is 1. The van der Waals surface area contributed by atoms with Crippen molar-refractivity contribution in [3.05, 3.63) is 41.0 Å². The highest BCUT2D eigenvalue weighted by Crippen LogP contribution is 2.34. The predicted octanol–water partition coefficient (Wildman–Crippen LogP) is 2.33. The summed E-state index contributed by atoms with van der Waals surface area (Å²) in [4.78, 5) is 14.4. The van der Waals surface area contributed by atoms with Crippen molar-refractivity contribution in [3.8, 4) is 5.75 Å². The molecular weight excluding hydrogens is 458 g/mol. The number of rotatable bonds is 6. The van der Waals surface area contributed by atoms with Gasteiger partial charge in [-0.3, -0.25) is 10.0 Å². The van der Waals surface area contributed by atoms with Crippen LogP contribution in [0.15, 0.2) is 29.6 Å². The van der Waals surface area contributed by atoms with Crippen molar-refractivity contribution >= 4 is 5.91 Å². The van der Waals surface area contributed by atoms with Crippen LogP contribution in [-0.4, -0.2) is 64.8 Å². The number of ether oxygens (including phenoxy) is 1. The molecule has 8 nitrogen and oxygen atoms in total. The summed E-state index contributed by atoms with van der Waals surface area (Å²) >= 11 is 0. The zero-order valence-corrected chi connectivity index (χ0v) is 18.6. The second-order valence-electron chi connectivity index (χ2n) is 9.26. The van der Waals surface area contributed by atoms with Crippen molar-refractivity contribution in [2.45, 2.75) is 44.5 Å². The maximum atomic E-state index is 14.1. The van der Waals surface area contributed by atoms with E-state index in [1.165, 1.54) is 11.2 Å². The van der Waals surface area contributed by atoms with Gasteiger partial charge in [0.25, 0.3) is 0 Å². The minimum Gasteiger partial charge on any atom is -0.406 e. The highest BCUT2D eigenvalue weighted by molar-refractivity contribution is 5.76. The predicted molar refractivity (Wildman–Crippen MR) is 113 cm³/mol. The van der Waals surface area contributed by atoms with E-state index in [2.05, 4.69) is 4.74 Å². The average molecular weight is 487 g/mol. The molecule has 188 valence electrons. The third-order valence-electron chi connectivity index (χ3n) is 6.92. The highest BCUT2D eigenvalue weighted by Gasteiger charge is 2.44. The summed E-state index contributed by atoms with van der Waals surface area (Å²) in [5.41, 5.74) is 13.2. The van der Waals surface area contributed by atoms with Crippen LogP contribution in [0.1, 0.15) is 31.2 Å². The summed E-state index contributed by atoms with van der Waals surface area (Å²) < 4.78 is 54.6. The molecule has 1 aliphatic carbocycles. The number of allylic oxidation sites excluding steroid dienone is 1. The Bertz CT molecular complexity index is 943. The van der Waals surface area contributed by atoms with Gasteiger partial charge in [0.2, 0.25) is 5.91 Å². The van der Waals surface area contributed by atoms with Crippen molar-refractivity contribution < 1.29 is 32.3 Å². The Morgan fingerprint density at radius 1 is 1.15 bits per heavy atom. The molecule has 1 amide bonds. The number of fused-ring (bicyclic) bond motifs is 1. The first-order chi connectivity index (χ1) is 16.0. The molecule has 12 heteroatoms. The fraction of sp³-hybridized carbons (Fsp3) is 0.591. The number of halogens is 4. The van der Waals surface area contributed by atoms with Crippen LogP contribution in [0.3, 0.4) is 0 Å². The summed E-state index contributed by atoms with van der Waals surface area (Å²) in [6.45, 7) is 2.34. The third-order valence-corrected chi connectivity index (χ3v) is 6.92. The molecule has 2 fully saturated rings. The smallest absolute Gasteiger partial charge is 0.406 e. The molecule has 34 heavy (non-hydrogen) atoms. The molecule has 2 unspecified atom stereocenters. The molecule has 4 rings (SSSR count). The van der Waals surface area contributed by atoms with E-state index in [0.717, 1.165) is 12.5 Å². The lowest BCUT2D eigenvalue weighted by atomic mass is 9.97. The van der Waals surface area contributed by atoms with Crippen molar-refractivity contribution in [1.29, 1.82) is 0 Å². The van der Waals surface area contributed by atoms with Gasteiger partial charge >= 0.3 is 6.36 Å². The Labute approximate surface area is 194 Å². The lowest BCUT2D eigenvalue weighted by molar-refractivity contribution is -0.274. The number of carbonyl (C=O) groups excluding carboxylic acids is 1. The van der Waals surface area contributed by atoms with Crippen LogP contribution in [0.5, 0.6) is 5.75 Å². The van der Waals surface area contributed by atoms with E-state index in [-0.39, 0.29) is 42.2 Å². The van der Waals surface area contributed by atoms with E-state index >= 15 is 0 Å². The fourth-order valence-corrected chi connectivity index (χ4v) is 5.06. The van der Waals surface area contributed by atoms with Gasteiger partial charge in [0.1, 0.15) is 11.6 Å². The van der Waals surface area contributed by atoms with Crippen molar-refractivity contribution in [1.82, 2.24) is 15.1 Å². The Hall–Kier alpha value is -2.57. The van der Waals surface area contributed by atoms with Crippen molar-refractivity contribution in [2.24, 2.45) is 23.3 Å². The summed E-state index contributed by atoms with van der Waals surface area (Å²) in [6.07, 6.45) is -2.87. The van der Waals surface area contributed by atoms with Crippen LogP contribution in [0.25, 0.3) is 0 Å². The van der Waals surface area contributed by atoms with Gasteiger partial charge in [-0.2, -0.15) is 0 Å². The normalized spacial score (nSPS) is 25.8. The Morgan fingerprint density at radius 3 is 2.41 bits per heavy atom. The first kappa shape index (κ1) is 24.6. The number of aryl methyl sites for hydroxylation is 1. The van der Waals surface area contributed by atoms with Crippen LogP contribution in [-0.2, 0) is 11.2 Å². The van der Waals surface area contributed by atoms with Gasteiger partial charge in [-0.15, -0.1) is 18.3 Å². The number of likely N-dealkylation sites (tertiary alicyclic amines) is 1. The van der Waals surface area contributed by atoms with Crippen LogP contribution in [0.4, 0.5) is 17.6 Å². The average Bonchev–Trinajstić information content (AvgIpc) is 3.33. The second-order valence-corrected chi connectivity index (χ2v) is 9.26. The van der Waals surface area contributed by atoms with E-state index in [1.807, 2.05) is 5.01 Å². The van der Waals surface area contributed by atoms with E-state index in [0.29, 0.717) is 56.5 Å². The monoisotopic (exact) mass is 487 g/mol. The largest absolute Gasteiger partial charge is 0.573 e. The number of hydrazine groups is 1. The number of alkyl halides is 3. The third kappa shape index (κ3) is 5.56. The first-order valence-corrected chi connectivity index (χ1v) is 11.3. The van der Waals surface area contributed by atoms with Crippen molar-refractivity contribution in [2.75, 3.05) is 26.2 Å². The molecular formula is C22H29F4N5O3. The maximum Gasteiger partial charge on any atom is 0.573 e. The highest BCUT2D eigenvalue weighted by atomic mass is 19.4. The van der Waals surface area contributed by atoms with Gasteiger partial charge in [0.05, 0.1) is 6.04 Å². The zero-order valence-electron chi connectivity index (χ0n) is 18.6. The minimum absolute atomic E-state index is 0.0563. The summed E-state index contributed by atoms with van der Waals surface area (Å²) in [6, 6.07) is 2.80. The topological polar surface area (TPSA) is 108 Å². The molecule has 3 atom stereocenters. The lowest BCUT2D eigenvalue weighted by Gasteiger charge is -2.36. The molecule has 2 heterocycles. The van der Waals surface area contributed by atoms with Gasteiger partial charge < -0.3 is 21.1 Å². The second kappa shape index (κ2) is 9.59. The van der Waals surface area contributed by atoms with Gasteiger partial charge in [-0.05, 0) is 42.7 Å². The molecule has 1 aromatic carbocycles. The zero-order chi connectivity index (χ0) is 24.6. The SMILES string of the molecule is NC1=C(N)C[C@H](N(O)N2CC3CN(C(=O)CCc4ccc(OC(F)(F)F)cc4F)CC3C2)CC1. The van der Waals surface area contributed by atoms with Gasteiger partial charge in [0, 0.05) is 56.5 Å². The van der Waals surface area contributed by atoms with E-state index in [1.54, 1.807) is 4.90 Å². The molecule has 2 aliphatic heterocycles. The quantitative estimate of drug-likeness (QED) is 0.418. The van der Waals surface area contributed by atoms with E-state index in [4.69, 9.17) is 11.5 Å². The van der Waals surface area contributed by atoms with Crippen LogP contribution >= 0.6 is 0 Å². The molecule has 0 spiro atoms. The number of hydrogen-bond acceptors (Lipinski definition) is 7. The Morgan fingerprint density at radius 2 is 1.82 bits per heavy atom. The number of carbonyl (C=O) groups is 1. The fourth-order valence-electron chi connectivity index (χ4n) is 5.06. The van der Waals surface area contributed by atoms with E-state index in [9.17, 15) is 27.6 Å². The minimum atomic E-state index is -4.89. The van der Waals surface area contributed by atoms with Crippen LogP contribution < -0.4 is 16.2 Å². The number of nitrogens with two attached hydrogens (primary N) is 2. The molecule has 0 saturated carbocycles. The molecule has 1 aromatic rings. The van der Waals surface area contributed by atoms with Crippen molar-refractivity contribution in [3.63, 3.8) is 0 Å². The van der Waals surface area contributed by atoms with Crippen LogP contribution in [0.2, 0.25) is 0 Å². The summed E-state index contributed by atoms with van der Waals surface area (Å²) in [5, 5.41) is 13.9. The molecule has 0 bridgehead atoms. The Kier molecular flexibility index (Phi) is 6.92. The van der Waals surface area contributed by atoms with E-state index < -0.39 is 17.9 Å². The molecule has 5 N–H and O–H groups in total. The first-order valence-electron chi connectivity index (χ1n) is 11.3. The summed E-state index contributed by atoms with van der Waals surface area (Å²) in [5.74, 6) is -1.17. The number of hydroxylamine groups is 1.